The summed E-state index contributed by atoms with van der Waals surface area (Å²) in [5, 5.41) is 0. The lowest BCUT2D eigenvalue weighted by Crippen LogP contribution is -2.38. The standard InChI is InChI=1S/C12H15NO6S/c1-8(18-2)11(14)13-20(16,17)10-7-5-4-6-9(10)12(15)19-3/h4-8H,1-3H3,(H,13,14)/t8-/m1/s1. The van der Waals surface area contributed by atoms with Crippen molar-refractivity contribution >= 4 is 21.9 Å². The van der Waals surface area contributed by atoms with Crippen molar-refractivity contribution in [3.05, 3.63) is 29.8 Å². The van der Waals surface area contributed by atoms with Crippen LogP contribution >= 0.6 is 0 Å². The quantitative estimate of drug-likeness (QED) is 0.786. The predicted octanol–water partition coefficient (Wildman–Crippen LogP) is 0.313. The average Bonchev–Trinajstić information content (AvgIpc) is 2.44. The molecular formula is C12H15NO6S. The summed E-state index contributed by atoms with van der Waals surface area (Å²) < 4.78 is 35.3. The number of carbonyl (C=O) groups excluding carboxylic acids is 2. The van der Waals surface area contributed by atoms with E-state index in [0.717, 1.165) is 7.11 Å². The number of sulfonamides is 1. The highest BCUT2D eigenvalue weighted by Crippen LogP contribution is 2.16. The summed E-state index contributed by atoms with van der Waals surface area (Å²) in [6.07, 6.45) is -0.935. The number of amides is 1. The first-order chi connectivity index (χ1) is 9.33. The molecule has 7 nitrogen and oxygen atoms in total. The van der Waals surface area contributed by atoms with E-state index in [1.807, 2.05) is 4.72 Å². The second-order valence-corrected chi connectivity index (χ2v) is 5.49. The van der Waals surface area contributed by atoms with E-state index in [1.54, 1.807) is 0 Å². The van der Waals surface area contributed by atoms with Crippen LogP contribution in [0.2, 0.25) is 0 Å². The molecule has 110 valence electrons. The summed E-state index contributed by atoms with van der Waals surface area (Å²) in [6, 6.07) is 5.43. The molecule has 0 heterocycles. The smallest absolute Gasteiger partial charge is 0.339 e. The molecule has 0 radical (unpaired) electrons. The Bertz CT molecular complexity index is 610. The number of rotatable bonds is 5. The number of carbonyl (C=O) groups is 2. The Balaban J connectivity index is 3.17. The fourth-order valence-corrected chi connectivity index (χ4v) is 2.60. The van der Waals surface area contributed by atoms with Crippen molar-refractivity contribution in [2.24, 2.45) is 0 Å². The molecule has 0 aliphatic rings. The molecule has 8 heteroatoms. The number of methoxy groups -OCH3 is 2. The molecule has 1 atom stereocenters. The zero-order valence-corrected chi connectivity index (χ0v) is 12.1. The van der Waals surface area contributed by atoms with E-state index >= 15 is 0 Å². The van der Waals surface area contributed by atoms with Gasteiger partial charge in [0.05, 0.1) is 12.7 Å². The van der Waals surface area contributed by atoms with Crippen LogP contribution in [0.5, 0.6) is 0 Å². The Morgan fingerprint density at radius 2 is 1.80 bits per heavy atom. The van der Waals surface area contributed by atoms with E-state index in [0.29, 0.717) is 0 Å². The van der Waals surface area contributed by atoms with Crippen LogP contribution in [0.25, 0.3) is 0 Å². The van der Waals surface area contributed by atoms with Crippen LogP contribution in [0.15, 0.2) is 29.2 Å². The third kappa shape index (κ3) is 3.55. The minimum absolute atomic E-state index is 0.152. The third-order valence-electron chi connectivity index (χ3n) is 2.54. The Kier molecular flexibility index (Phi) is 5.23. The van der Waals surface area contributed by atoms with Crippen molar-refractivity contribution in [1.82, 2.24) is 4.72 Å². The van der Waals surface area contributed by atoms with Crippen LogP contribution < -0.4 is 4.72 Å². The molecule has 20 heavy (non-hydrogen) atoms. The lowest BCUT2D eigenvalue weighted by atomic mass is 10.2. The van der Waals surface area contributed by atoms with Crippen molar-refractivity contribution in [3.63, 3.8) is 0 Å². The first kappa shape index (κ1) is 16.1. The second kappa shape index (κ2) is 6.49. The number of hydrogen-bond acceptors (Lipinski definition) is 6. The lowest BCUT2D eigenvalue weighted by Gasteiger charge is -2.12. The van der Waals surface area contributed by atoms with Crippen molar-refractivity contribution in [3.8, 4) is 0 Å². The molecule has 0 saturated heterocycles. The van der Waals surface area contributed by atoms with Gasteiger partial charge in [0.2, 0.25) is 0 Å². The summed E-state index contributed by atoms with van der Waals surface area (Å²) >= 11 is 0. The maximum Gasteiger partial charge on any atom is 0.339 e. The maximum atomic E-state index is 12.1. The molecule has 0 aliphatic carbocycles. The minimum atomic E-state index is -4.18. The number of benzene rings is 1. The number of nitrogens with one attached hydrogen (secondary N) is 1. The van der Waals surface area contributed by atoms with E-state index in [-0.39, 0.29) is 10.5 Å². The second-order valence-electron chi connectivity index (χ2n) is 3.84. The van der Waals surface area contributed by atoms with Crippen LogP contribution in [0.4, 0.5) is 0 Å². The Morgan fingerprint density at radius 1 is 1.20 bits per heavy atom. The molecule has 0 spiro atoms. The molecule has 1 aromatic rings. The van der Waals surface area contributed by atoms with Gasteiger partial charge in [-0.1, -0.05) is 12.1 Å². The van der Waals surface area contributed by atoms with Gasteiger partial charge >= 0.3 is 5.97 Å². The monoisotopic (exact) mass is 301 g/mol. The lowest BCUT2D eigenvalue weighted by molar-refractivity contribution is -0.128. The van der Waals surface area contributed by atoms with E-state index in [2.05, 4.69) is 4.74 Å². The van der Waals surface area contributed by atoms with Gasteiger partial charge in [-0.25, -0.2) is 17.9 Å². The largest absolute Gasteiger partial charge is 0.465 e. The third-order valence-corrected chi connectivity index (χ3v) is 3.94. The van der Waals surface area contributed by atoms with Crippen LogP contribution in [0.3, 0.4) is 0 Å². The molecule has 0 aromatic heterocycles. The van der Waals surface area contributed by atoms with Gasteiger partial charge < -0.3 is 9.47 Å². The zero-order chi connectivity index (χ0) is 15.3. The number of ether oxygens (including phenoxy) is 2. The molecule has 0 bridgehead atoms. The normalized spacial score (nSPS) is 12.6. The van der Waals surface area contributed by atoms with Gasteiger partial charge in [-0.05, 0) is 19.1 Å². The van der Waals surface area contributed by atoms with Crippen molar-refractivity contribution < 1.29 is 27.5 Å². The van der Waals surface area contributed by atoms with Crippen LogP contribution in [-0.4, -0.2) is 40.6 Å². The number of hydrogen-bond donors (Lipinski definition) is 1. The van der Waals surface area contributed by atoms with Gasteiger partial charge in [-0.15, -0.1) is 0 Å². The van der Waals surface area contributed by atoms with Crippen molar-refractivity contribution in [1.29, 1.82) is 0 Å². The molecular weight excluding hydrogens is 286 g/mol. The summed E-state index contributed by atoms with van der Waals surface area (Å²) in [5.41, 5.74) is -0.152. The molecule has 1 rings (SSSR count). The first-order valence-electron chi connectivity index (χ1n) is 5.60. The minimum Gasteiger partial charge on any atom is -0.465 e. The van der Waals surface area contributed by atoms with Gasteiger partial charge in [0.15, 0.2) is 0 Å². The Labute approximate surface area is 116 Å². The van der Waals surface area contributed by atoms with Gasteiger partial charge in [0.1, 0.15) is 11.0 Å². The Morgan fingerprint density at radius 3 is 2.35 bits per heavy atom. The molecule has 1 aromatic carbocycles. The van der Waals surface area contributed by atoms with Crippen LogP contribution in [0, 0.1) is 0 Å². The van der Waals surface area contributed by atoms with Crippen LogP contribution in [-0.2, 0) is 24.3 Å². The van der Waals surface area contributed by atoms with Crippen molar-refractivity contribution in [2.45, 2.75) is 17.9 Å². The molecule has 0 fully saturated rings. The fourth-order valence-electron chi connectivity index (χ4n) is 1.36. The van der Waals surface area contributed by atoms with E-state index < -0.39 is 28.0 Å². The zero-order valence-electron chi connectivity index (χ0n) is 11.2. The highest BCUT2D eigenvalue weighted by Gasteiger charge is 2.26. The SMILES string of the molecule is COC(=O)c1ccccc1S(=O)(=O)NC(=O)[C@@H](C)OC. The molecule has 1 amide bonds. The maximum absolute atomic E-state index is 12.1. The summed E-state index contributed by atoms with van der Waals surface area (Å²) in [7, 11) is -1.77. The highest BCUT2D eigenvalue weighted by atomic mass is 32.2. The van der Waals surface area contributed by atoms with E-state index in [4.69, 9.17) is 4.74 Å². The molecule has 0 saturated carbocycles. The first-order valence-corrected chi connectivity index (χ1v) is 7.08. The average molecular weight is 301 g/mol. The van der Waals surface area contributed by atoms with E-state index in [1.165, 1.54) is 38.3 Å². The molecule has 1 N–H and O–H groups in total. The van der Waals surface area contributed by atoms with Gasteiger partial charge in [0.25, 0.3) is 15.9 Å². The van der Waals surface area contributed by atoms with Gasteiger partial charge in [0, 0.05) is 7.11 Å². The molecule has 0 unspecified atom stereocenters. The van der Waals surface area contributed by atoms with Gasteiger partial charge in [-0.3, -0.25) is 4.79 Å². The molecule has 0 aliphatic heterocycles. The topological polar surface area (TPSA) is 98.8 Å². The summed E-state index contributed by atoms with van der Waals surface area (Å²) in [6.45, 7) is 1.40. The fraction of sp³-hybridized carbons (Fsp3) is 0.333. The van der Waals surface area contributed by atoms with Crippen LogP contribution in [0.1, 0.15) is 17.3 Å². The highest BCUT2D eigenvalue weighted by molar-refractivity contribution is 7.90. The number of esters is 1. The Hall–Kier alpha value is -1.93. The summed E-state index contributed by atoms with van der Waals surface area (Å²) in [4.78, 5) is 22.8. The predicted molar refractivity (Wildman–Crippen MR) is 69.6 cm³/mol. The van der Waals surface area contributed by atoms with Crippen molar-refractivity contribution in [2.75, 3.05) is 14.2 Å². The van der Waals surface area contributed by atoms with Gasteiger partial charge in [-0.2, -0.15) is 0 Å². The summed E-state index contributed by atoms with van der Waals surface area (Å²) in [5.74, 6) is -1.63. The van der Waals surface area contributed by atoms with E-state index in [9.17, 15) is 18.0 Å².